The number of urea groups is 1. The van der Waals surface area contributed by atoms with Crippen LogP contribution in [0.5, 0.6) is 11.5 Å². The van der Waals surface area contributed by atoms with Gasteiger partial charge in [-0.3, -0.25) is 4.79 Å². The summed E-state index contributed by atoms with van der Waals surface area (Å²) < 4.78 is 32.1. The highest BCUT2D eigenvalue weighted by Crippen LogP contribution is 2.36. The van der Waals surface area contributed by atoms with Crippen LogP contribution in [0.4, 0.5) is 4.79 Å². The summed E-state index contributed by atoms with van der Waals surface area (Å²) in [5.41, 5.74) is -4.81. The molecule has 1 aliphatic heterocycles. The van der Waals surface area contributed by atoms with E-state index in [9.17, 15) is 33.0 Å². The molecule has 3 rings (SSSR count). The molecule has 0 aromatic heterocycles. The van der Waals surface area contributed by atoms with Crippen LogP contribution < -0.4 is 4.74 Å². The molecule has 2 aromatic rings. The van der Waals surface area contributed by atoms with E-state index in [1.54, 1.807) is 24.3 Å². The van der Waals surface area contributed by atoms with Crippen molar-refractivity contribution in [3.63, 3.8) is 0 Å². The number of para-hydroxylation sites is 1. The van der Waals surface area contributed by atoms with E-state index in [0.717, 1.165) is 11.8 Å². The molecule has 11 heteroatoms. The van der Waals surface area contributed by atoms with Gasteiger partial charge in [0.25, 0.3) is 11.6 Å². The Kier molecular flexibility index (Phi) is 5.99. The zero-order valence-electron chi connectivity index (χ0n) is 18.4. The summed E-state index contributed by atoms with van der Waals surface area (Å²) in [6, 6.07) is 12.8. The Labute approximate surface area is 190 Å². The van der Waals surface area contributed by atoms with Crippen molar-refractivity contribution in [2.45, 2.75) is 42.2 Å². The lowest BCUT2D eigenvalue weighted by Crippen LogP contribution is -2.65. The summed E-state index contributed by atoms with van der Waals surface area (Å²) in [5.74, 6) is -2.22. The number of aliphatic hydroxyl groups is 1. The largest absolute Gasteiger partial charge is 0.478 e. The smallest absolute Gasteiger partial charge is 0.359 e. The average Bonchev–Trinajstić information content (AvgIpc) is 2.93. The first kappa shape index (κ1) is 24.2. The molecule has 1 aliphatic rings. The fourth-order valence-electron chi connectivity index (χ4n) is 3.39. The molecule has 0 aliphatic carbocycles. The van der Waals surface area contributed by atoms with Gasteiger partial charge in [0.2, 0.25) is 0 Å². The number of carboxylic acid groups (broad SMARTS) is 1. The third kappa shape index (κ3) is 3.83. The normalized spacial score (nSPS) is 18.7. The topological polar surface area (TPSA) is 142 Å². The number of benzene rings is 2. The lowest BCUT2D eigenvalue weighted by Gasteiger charge is -2.35. The van der Waals surface area contributed by atoms with Crippen molar-refractivity contribution in [2.24, 2.45) is 0 Å². The number of aliphatic carboxylic acids is 1. The standard InChI is InChI=1S/C22H24N2O8S/c1-14(22(29,19(26)27)24-18(25)21(2,3)23(4)20(24)28)33(30,31)17-12-10-16(11-13-17)32-15-8-6-5-7-9-15/h5-14,29H,1-4H3,(H,26,27). The minimum absolute atomic E-state index is 0.102. The fraction of sp³-hybridized carbons (Fsp3) is 0.318. The Hall–Kier alpha value is -3.44. The molecule has 0 saturated carbocycles. The maximum atomic E-state index is 13.2. The molecule has 1 saturated heterocycles. The molecule has 10 nitrogen and oxygen atoms in total. The highest BCUT2D eigenvalue weighted by molar-refractivity contribution is 7.92. The molecule has 2 unspecified atom stereocenters. The van der Waals surface area contributed by atoms with Crippen LogP contribution in [0, 0.1) is 0 Å². The summed E-state index contributed by atoms with van der Waals surface area (Å²) in [4.78, 5) is 38.3. The molecule has 3 amide bonds. The Morgan fingerprint density at radius 2 is 1.55 bits per heavy atom. The molecule has 2 N–H and O–H groups in total. The van der Waals surface area contributed by atoms with Crippen LogP contribution >= 0.6 is 0 Å². The monoisotopic (exact) mass is 476 g/mol. The molecule has 1 fully saturated rings. The SMILES string of the molecule is CC(C(O)(C(=O)O)N1C(=O)N(C)C(C)(C)C1=O)S(=O)(=O)c1ccc(Oc2ccccc2)cc1. The summed E-state index contributed by atoms with van der Waals surface area (Å²) in [5, 5.41) is 18.7. The Morgan fingerprint density at radius 3 is 2.00 bits per heavy atom. The van der Waals surface area contributed by atoms with Gasteiger partial charge in [0.05, 0.1) is 4.90 Å². The molecule has 0 bridgehead atoms. The summed E-state index contributed by atoms with van der Waals surface area (Å²) in [6.07, 6.45) is 0. The summed E-state index contributed by atoms with van der Waals surface area (Å²) in [6.45, 7) is 3.66. The third-order valence-electron chi connectivity index (χ3n) is 5.86. The van der Waals surface area contributed by atoms with Gasteiger partial charge >= 0.3 is 12.0 Å². The summed E-state index contributed by atoms with van der Waals surface area (Å²) >= 11 is 0. The number of hydrogen-bond donors (Lipinski definition) is 2. The molecular weight excluding hydrogens is 452 g/mol. The van der Waals surface area contributed by atoms with Gasteiger partial charge in [-0.15, -0.1) is 0 Å². The van der Waals surface area contributed by atoms with Gasteiger partial charge in [-0.1, -0.05) is 18.2 Å². The van der Waals surface area contributed by atoms with E-state index in [1.807, 2.05) is 6.07 Å². The van der Waals surface area contributed by atoms with Crippen molar-refractivity contribution in [1.29, 1.82) is 0 Å². The van der Waals surface area contributed by atoms with Crippen molar-refractivity contribution >= 4 is 27.7 Å². The van der Waals surface area contributed by atoms with Crippen LogP contribution in [-0.4, -0.2) is 69.9 Å². The van der Waals surface area contributed by atoms with Gasteiger partial charge < -0.3 is 19.8 Å². The van der Waals surface area contributed by atoms with E-state index < -0.39 is 44.3 Å². The van der Waals surface area contributed by atoms with E-state index in [1.165, 1.54) is 45.2 Å². The van der Waals surface area contributed by atoms with Gasteiger partial charge in [0, 0.05) is 7.05 Å². The number of nitrogens with zero attached hydrogens (tertiary/aromatic N) is 2. The van der Waals surface area contributed by atoms with Gasteiger partial charge in [0.15, 0.2) is 9.84 Å². The van der Waals surface area contributed by atoms with Gasteiger partial charge in [0.1, 0.15) is 22.3 Å². The number of imide groups is 1. The molecule has 1 heterocycles. The fourth-order valence-corrected chi connectivity index (χ4v) is 4.95. The van der Waals surface area contributed by atoms with Crippen LogP contribution in [0.15, 0.2) is 59.5 Å². The number of carboxylic acids is 1. The molecule has 0 radical (unpaired) electrons. The molecule has 2 aromatic carbocycles. The van der Waals surface area contributed by atoms with Gasteiger partial charge in [-0.25, -0.2) is 22.9 Å². The van der Waals surface area contributed by atoms with E-state index in [-0.39, 0.29) is 9.80 Å². The number of rotatable bonds is 7. The summed E-state index contributed by atoms with van der Waals surface area (Å²) in [7, 11) is -3.26. The first-order valence-electron chi connectivity index (χ1n) is 9.90. The van der Waals surface area contributed by atoms with Crippen molar-refractivity contribution in [3.05, 3.63) is 54.6 Å². The molecular formula is C22H24N2O8S. The van der Waals surface area contributed by atoms with E-state index in [0.29, 0.717) is 11.5 Å². The molecule has 2 atom stereocenters. The number of ether oxygens (including phenoxy) is 1. The number of sulfone groups is 1. The zero-order chi connectivity index (χ0) is 24.8. The van der Waals surface area contributed by atoms with E-state index >= 15 is 0 Å². The second-order valence-electron chi connectivity index (χ2n) is 8.15. The number of carbonyl (C=O) groups excluding carboxylic acids is 2. The van der Waals surface area contributed by atoms with Crippen molar-refractivity contribution in [3.8, 4) is 11.5 Å². The Bertz CT molecular complexity index is 1190. The van der Waals surface area contributed by atoms with E-state index in [4.69, 9.17) is 4.74 Å². The van der Waals surface area contributed by atoms with Crippen LogP contribution in [0.3, 0.4) is 0 Å². The molecule has 33 heavy (non-hydrogen) atoms. The minimum Gasteiger partial charge on any atom is -0.478 e. The molecule has 176 valence electrons. The lowest BCUT2D eigenvalue weighted by atomic mass is 10.0. The second-order valence-corrected chi connectivity index (χ2v) is 10.4. The first-order chi connectivity index (χ1) is 15.3. The minimum atomic E-state index is -4.52. The quantitative estimate of drug-likeness (QED) is 0.579. The second kappa shape index (κ2) is 8.16. The van der Waals surface area contributed by atoms with Crippen LogP contribution in [0.25, 0.3) is 0 Å². The van der Waals surface area contributed by atoms with Crippen LogP contribution in [-0.2, 0) is 19.4 Å². The number of amides is 3. The highest BCUT2D eigenvalue weighted by atomic mass is 32.2. The highest BCUT2D eigenvalue weighted by Gasteiger charge is 2.64. The average molecular weight is 477 g/mol. The zero-order valence-corrected chi connectivity index (χ0v) is 19.2. The van der Waals surface area contributed by atoms with Crippen molar-refractivity contribution in [1.82, 2.24) is 9.80 Å². The third-order valence-corrected chi connectivity index (χ3v) is 8.05. The predicted molar refractivity (Wildman–Crippen MR) is 116 cm³/mol. The van der Waals surface area contributed by atoms with E-state index in [2.05, 4.69) is 0 Å². The maximum absolute atomic E-state index is 13.2. The number of hydrogen-bond acceptors (Lipinski definition) is 7. The van der Waals surface area contributed by atoms with Crippen molar-refractivity contribution in [2.75, 3.05) is 7.05 Å². The Morgan fingerprint density at radius 1 is 1.03 bits per heavy atom. The van der Waals surface area contributed by atoms with Gasteiger partial charge in [-0.2, -0.15) is 0 Å². The molecule has 0 spiro atoms. The van der Waals surface area contributed by atoms with Crippen LogP contribution in [0.2, 0.25) is 0 Å². The number of likely N-dealkylation sites (N-methyl/N-ethyl adjacent to an activating group) is 1. The van der Waals surface area contributed by atoms with Crippen molar-refractivity contribution < 1.29 is 37.8 Å². The lowest BCUT2D eigenvalue weighted by molar-refractivity contribution is -0.180. The Balaban J connectivity index is 1.97. The first-order valence-corrected chi connectivity index (χ1v) is 11.5. The number of carbonyl (C=O) groups is 3. The maximum Gasteiger partial charge on any atom is 0.359 e. The van der Waals surface area contributed by atoms with Crippen LogP contribution in [0.1, 0.15) is 20.8 Å². The van der Waals surface area contributed by atoms with Gasteiger partial charge in [-0.05, 0) is 57.2 Å². The predicted octanol–water partition coefficient (Wildman–Crippen LogP) is 2.09.